The van der Waals surface area contributed by atoms with Crippen LogP contribution in [-0.2, 0) is 19.0 Å². The first-order chi connectivity index (χ1) is 16.5. The van der Waals surface area contributed by atoms with Crippen molar-refractivity contribution >= 4 is 11.0 Å². The lowest BCUT2D eigenvalue weighted by molar-refractivity contribution is 0.185. The van der Waals surface area contributed by atoms with Crippen LogP contribution < -0.4 is 5.56 Å². The van der Waals surface area contributed by atoms with E-state index in [0.29, 0.717) is 11.4 Å². The fourth-order valence-corrected chi connectivity index (χ4v) is 6.03. The lowest BCUT2D eigenvalue weighted by atomic mass is 9.58. The summed E-state index contributed by atoms with van der Waals surface area (Å²) in [7, 11) is 2.00. The average molecular weight is 458 g/mol. The van der Waals surface area contributed by atoms with Crippen LogP contribution in [0.5, 0.6) is 0 Å². The highest BCUT2D eigenvalue weighted by Gasteiger charge is 2.48. The molecule has 1 aliphatic carbocycles. The van der Waals surface area contributed by atoms with Crippen LogP contribution in [0, 0.1) is 5.92 Å². The van der Waals surface area contributed by atoms with Crippen molar-refractivity contribution in [3.63, 3.8) is 0 Å². The number of benzene rings is 1. The highest BCUT2D eigenvalue weighted by Crippen LogP contribution is 2.51. The first kappa shape index (κ1) is 21.3. The molecule has 4 aromatic rings. The van der Waals surface area contributed by atoms with Crippen molar-refractivity contribution in [2.24, 2.45) is 13.0 Å². The molecule has 34 heavy (non-hydrogen) atoms. The van der Waals surface area contributed by atoms with E-state index in [4.69, 9.17) is 0 Å². The number of H-pyrrole nitrogens is 1. The fourth-order valence-electron chi connectivity index (χ4n) is 6.03. The minimum Gasteiger partial charge on any atom is -0.351 e. The zero-order valence-corrected chi connectivity index (χ0v) is 19.9. The molecule has 0 radical (unpaired) electrons. The van der Waals surface area contributed by atoms with E-state index >= 15 is 0 Å². The number of rotatable bonds is 5. The first-order valence-corrected chi connectivity index (χ1v) is 12.3. The summed E-state index contributed by atoms with van der Waals surface area (Å²) in [4.78, 5) is 23.9. The number of fused-ring (bicyclic) bond motifs is 1. The normalized spacial score (nSPS) is 23.3. The van der Waals surface area contributed by atoms with Crippen LogP contribution in [0.25, 0.3) is 16.7 Å². The van der Waals surface area contributed by atoms with Gasteiger partial charge < -0.3 is 9.55 Å². The molecule has 2 fully saturated rings. The van der Waals surface area contributed by atoms with E-state index in [9.17, 15) is 4.79 Å². The van der Waals surface area contributed by atoms with Gasteiger partial charge in [0, 0.05) is 19.3 Å². The van der Waals surface area contributed by atoms with E-state index in [1.54, 1.807) is 17.2 Å². The Kier molecular flexibility index (Phi) is 5.13. The zero-order chi connectivity index (χ0) is 23.3. The van der Waals surface area contributed by atoms with Gasteiger partial charge in [0.15, 0.2) is 0 Å². The molecule has 0 amide bonds. The molecule has 0 unspecified atom stereocenters. The average Bonchev–Trinajstić information content (AvgIpc) is 3.44. The molecule has 6 rings (SSSR count). The SMILES string of the molecule is Cn1cnnc1[C@]1(c2cccc(-n3cnc4cc(CN5CCCCC5)[nH]c4c3=O)c2)C[C@H](C)C1. The predicted octanol–water partition coefficient (Wildman–Crippen LogP) is 3.54. The van der Waals surface area contributed by atoms with E-state index < -0.39 is 0 Å². The van der Waals surface area contributed by atoms with Crippen molar-refractivity contribution < 1.29 is 0 Å². The molecule has 4 heterocycles. The predicted molar refractivity (Wildman–Crippen MR) is 131 cm³/mol. The van der Waals surface area contributed by atoms with E-state index in [1.807, 2.05) is 29.8 Å². The lowest BCUT2D eigenvalue weighted by Gasteiger charge is -2.46. The molecule has 3 aromatic heterocycles. The van der Waals surface area contributed by atoms with Gasteiger partial charge in [0.1, 0.15) is 24.0 Å². The van der Waals surface area contributed by atoms with Crippen LogP contribution in [0.1, 0.15) is 56.1 Å². The Morgan fingerprint density at radius 2 is 1.94 bits per heavy atom. The number of hydrogen-bond donors (Lipinski definition) is 1. The van der Waals surface area contributed by atoms with Crippen LogP contribution in [0.15, 0.2) is 47.8 Å². The zero-order valence-electron chi connectivity index (χ0n) is 19.9. The number of likely N-dealkylation sites (tertiary alicyclic amines) is 1. The molecule has 0 spiro atoms. The summed E-state index contributed by atoms with van der Waals surface area (Å²) in [5.74, 6) is 1.61. The Hall–Kier alpha value is -3.26. The molecule has 1 aromatic carbocycles. The number of aromatic nitrogens is 6. The topological polar surface area (TPSA) is 84.6 Å². The van der Waals surface area contributed by atoms with Crippen LogP contribution >= 0.6 is 0 Å². The molecule has 1 N–H and O–H groups in total. The number of hydrogen-bond acceptors (Lipinski definition) is 5. The number of aryl methyl sites for hydroxylation is 1. The maximum atomic E-state index is 13.5. The lowest BCUT2D eigenvalue weighted by Crippen LogP contribution is -2.43. The van der Waals surface area contributed by atoms with Crippen LogP contribution in [-0.4, -0.2) is 47.3 Å². The van der Waals surface area contributed by atoms with Crippen molar-refractivity contribution in [2.45, 2.75) is 51.0 Å². The molecule has 2 aliphatic rings. The molecule has 8 nitrogen and oxygen atoms in total. The summed E-state index contributed by atoms with van der Waals surface area (Å²) < 4.78 is 3.67. The minimum absolute atomic E-state index is 0.0678. The van der Waals surface area contributed by atoms with Crippen molar-refractivity contribution in [1.29, 1.82) is 0 Å². The van der Waals surface area contributed by atoms with Gasteiger partial charge in [-0.05, 0) is 68.5 Å². The summed E-state index contributed by atoms with van der Waals surface area (Å²) in [6.07, 6.45) is 9.26. The summed E-state index contributed by atoms with van der Waals surface area (Å²) in [6, 6.07) is 10.3. The molecule has 0 atom stereocenters. The second-order valence-corrected chi connectivity index (χ2v) is 10.2. The molecule has 1 aliphatic heterocycles. The molecular formula is C26H31N7O. The van der Waals surface area contributed by atoms with Gasteiger partial charge in [-0.3, -0.25) is 14.3 Å². The minimum atomic E-state index is -0.171. The number of nitrogens with zero attached hydrogens (tertiary/aromatic N) is 6. The number of aromatic amines is 1. The molecule has 1 saturated carbocycles. The largest absolute Gasteiger partial charge is 0.351 e. The Morgan fingerprint density at radius 1 is 1.12 bits per heavy atom. The van der Waals surface area contributed by atoms with Gasteiger partial charge >= 0.3 is 0 Å². The maximum absolute atomic E-state index is 13.5. The van der Waals surface area contributed by atoms with Gasteiger partial charge in [0.25, 0.3) is 5.56 Å². The highest BCUT2D eigenvalue weighted by atomic mass is 16.1. The van der Waals surface area contributed by atoms with E-state index in [0.717, 1.165) is 55.2 Å². The van der Waals surface area contributed by atoms with Crippen molar-refractivity contribution in [3.05, 3.63) is 70.4 Å². The third-order valence-corrected chi connectivity index (χ3v) is 7.65. The Balaban J connectivity index is 1.36. The standard InChI is InChI=1S/C26H31N7O/c1-18-13-26(14-18,25-30-28-17-31(25)2)19-7-6-8-21(11-19)33-16-27-22-12-20(29-23(22)24(33)34)15-32-9-4-3-5-10-32/h6-8,11-12,16-18,29H,3-5,9-10,13-15H2,1-2H3/t18-,26+. The monoisotopic (exact) mass is 457 g/mol. The van der Waals surface area contributed by atoms with Gasteiger partial charge in [-0.2, -0.15) is 0 Å². The highest BCUT2D eigenvalue weighted by molar-refractivity contribution is 5.75. The van der Waals surface area contributed by atoms with E-state index in [2.05, 4.69) is 44.1 Å². The Labute approximate surface area is 198 Å². The van der Waals surface area contributed by atoms with E-state index in [-0.39, 0.29) is 11.0 Å². The van der Waals surface area contributed by atoms with Crippen molar-refractivity contribution in [3.8, 4) is 5.69 Å². The fraction of sp³-hybridized carbons (Fsp3) is 0.462. The van der Waals surface area contributed by atoms with E-state index in [1.165, 1.54) is 24.8 Å². The van der Waals surface area contributed by atoms with Crippen molar-refractivity contribution in [1.82, 2.24) is 34.2 Å². The molecule has 1 saturated heterocycles. The number of nitrogens with one attached hydrogen (secondary N) is 1. The van der Waals surface area contributed by atoms with Crippen molar-refractivity contribution in [2.75, 3.05) is 13.1 Å². The number of piperidine rings is 1. The molecular weight excluding hydrogens is 426 g/mol. The maximum Gasteiger partial charge on any atom is 0.282 e. The van der Waals surface area contributed by atoms with Gasteiger partial charge in [-0.25, -0.2) is 4.98 Å². The van der Waals surface area contributed by atoms with Gasteiger partial charge in [-0.1, -0.05) is 25.5 Å². The summed E-state index contributed by atoms with van der Waals surface area (Å²) in [5.41, 5.74) is 4.11. The summed E-state index contributed by atoms with van der Waals surface area (Å²) >= 11 is 0. The third-order valence-electron chi connectivity index (χ3n) is 7.65. The first-order valence-electron chi connectivity index (χ1n) is 12.3. The Morgan fingerprint density at radius 3 is 2.68 bits per heavy atom. The van der Waals surface area contributed by atoms with Gasteiger partial charge in [0.2, 0.25) is 0 Å². The van der Waals surface area contributed by atoms with Crippen LogP contribution in [0.3, 0.4) is 0 Å². The third kappa shape index (κ3) is 3.48. The van der Waals surface area contributed by atoms with Crippen LogP contribution in [0.4, 0.5) is 0 Å². The molecule has 176 valence electrons. The van der Waals surface area contributed by atoms with Crippen LogP contribution in [0.2, 0.25) is 0 Å². The summed E-state index contributed by atoms with van der Waals surface area (Å²) in [5, 5.41) is 8.59. The summed E-state index contributed by atoms with van der Waals surface area (Å²) in [6.45, 7) is 5.34. The second kappa shape index (κ2) is 8.20. The Bertz CT molecular complexity index is 1390. The van der Waals surface area contributed by atoms with Gasteiger partial charge in [-0.15, -0.1) is 10.2 Å². The smallest absolute Gasteiger partial charge is 0.282 e. The quantitative estimate of drug-likeness (QED) is 0.496. The second-order valence-electron chi connectivity index (χ2n) is 10.2. The molecule has 0 bridgehead atoms. The molecule has 8 heteroatoms. The van der Waals surface area contributed by atoms with Gasteiger partial charge in [0.05, 0.1) is 16.6 Å².